The Morgan fingerprint density at radius 1 is 0.943 bits per heavy atom. The Hall–Kier alpha value is -3.22. The first kappa shape index (κ1) is 23.5. The zero-order chi connectivity index (χ0) is 24.5. The summed E-state index contributed by atoms with van der Waals surface area (Å²) < 4.78 is 5.92. The first-order valence-electron chi connectivity index (χ1n) is 12.5. The van der Waals surface area contributed by atoms with Gasteiger partial charge in [-0.15, -0.1) is 0 Å². The molecule has 1 saturated heterocycles. The summed E-state index contributed by atoms with van der Waals surface area (Å²) >= 11 is 0. The Morgan fingerprint density at radius 2 is 1.51 bits per heavy atom. The summed E-state index contributed by atoms with van der Waals surface area (Å²) in [6, 6.07) is 17.3. The Morgan fingerprint density at radius 3 is 2.11 bits per heavy atom. The van der Waals surface area contributed by atoms with Gasteiger partial charge in [-0.1, -0.05) is 42.5 Å². The lowest BCUT2D eigenvalue weighted by atomic mass is 9.91. The summed E-state index contributed by atoms with van der Waals surface area (Å²) in [5.41, 5.74) is 3.39. The van der Waals surface area contributed by atoms with Gasteiger partial charge in [-0.25, -0.2) is 0 Å². The number of quaternary nitrogens is 1. The number of aliphatic hydroxyl groups excluding tert-OH is 1. The molecule has 35 heavy (non-hydrogen) atoms. The van der Waals surface area contributed by atoms with Gasteiger partial charge in [0.05, 0.1) is 13.1 Å². The number of nitrogens with one attached hydrogen (secondary N) is 1. The number of para-hydroxylation sites is 1. The van der Waals surface area contributed by atoms with Gasteiger partial charge in [0.2, 0.25) is 0 Å². The van der Waals surface area contributed by atoms with Crippen molar-refractivity contribution in [3.8, 4) is 5.75 Å². The van der Waals surface area contributed by atoms with Crippen molar-refractivity contribution in [3.63, 3.8) is 0 Å². The number of aryl methyl sites for hydroxylation is 2. The molecule has 6 heteroatoms. The molecule has 0 radical (unpaired) electrons. The summed E-state index contributed by atoms with van der Waals surface area (Å²) in [5, 5.41) is 12.3. The van der Waals surface area contributed by atoms with Gasteiger partial charge in [-0.3, -0.25) is 14.5 Å². The maximum absolute atomic E-state index is 13.2. The van der Waals surface area contributed by atoms with Gasteiger partial charge < -0.3 is 14.7 Å². The number of likely N-dealkylation sites (tertiary alicyclic amines) is 1. The van der Waals surface area contributed by atoms with Crippen LogP contribution >= 0.6 is 0 Å². The molecule has 0 unspecified atom stereocenters. The SMILES string of the molecule is Cc1cccc(C)c1OC[C@@H](O)C[NH+]1CCC(CN2C(=O)c3cccc4cccc(c34)C2=O)CC1. The molecule has 1 atom stereocenters. The van der Waals surface area contributed by atoms with E-state index in [1.807, 2.05) is 68.4 Å². The van der Waals surface area contributed by atoms with Crippen molar-refractivity contribution >= 4 is 22.6 Å². The minimum Gasteiger partial charge on any atom is -0.490 e. The van der Waals surface area contributed by atoms with Crippen LogP contribution in [0.5, 0.6) is 5.75 Å². The molecule has 0 aliphatic carbocycles. The lowest BCUT2D eigenvalue weighted by Gasteiger charge is -2.34. The third-order valence-corrected chi connectivity index (χ3v) is 7.46. The number of carbonyl (C=O) groups is 2. The number of ether oxygens (including phenoxy) is 1. The normalized spacial score (nSPS) is 20.8. The van der Waals surface area contributed by atoms with Crippen molar-refractivity contribution < 1.29 is 24.3 Å². The summed E-state index contributed by atoms with van der Waals surface area (Å²) in [5.74, 6) is 0.758. The largest absolute Gasteiger partial charge is 0.490 e. The molecular weight excluding hydrogens is 440 g/mol. The van der Waals surface area contributed by atoms with Gasteiger partial charge >= 0.3 is 0 Å². The molecule has 2 heterocycles. The van der Waals surface area contributed by atoms with E-state index in [9.17, 15) is 14.7 Å². The van der Waals surface area contributed by atoms with Crippen molar-refractivity contribution in [3.05, 3.63) is 76.9 Å². The maximum Gasteiger partial charge on any atom is 0.261 e. The van der Waals surface area contributed by atoms with Gasteiger partial charge in [0.1, 0.15) is 25.0 Å². The van der Waals surface area contributed by atoms with E-state index in [1.54, 1.807) is 0 Å². The highest BCUT2D eigenvalue weighted by Crippen LogP contribution is 2.31. The molecule has 2 aliphatic heterocycles. The van der Waals surface area contributed by atoms with E-state index in [0.29, 0.717) is 24.2 Å². The first-order valence-corrected chi connectivity index (χ1v) is 12.5. The number of hydrogen-bond acceptors (Lipinski definition) is 4. The van der Waals surface area contributed by atoms with Crippen molar-refractivity contribution in [2.24, 2.45) is 5.92 Å². The lowest BCUT2D eigenvalue weighted by molar-refractivity contribution is -0.909. The van der Waals surface area contributed by atoms with Gasteiger partial charge in [0, 0.05) is 35.9 Å². The van der Waals surface area contributed by atoms with E-state index in [-0.39, 0.29) is 24.3 Å². The quantitative estimate of drug-likeness (QED) is 0.518. The second-order valence-corrected chi connectivity index (χ2v) is 10.0. The molecule has 6 nitrogen and oxygen atoms in total. The summed E-state index contributed by atoms with van der Waals surface area (Å²) in [7, 11) is 0. The molecule has 0 spiro atoms. The zero-order valence-corrected chi connectivity index (χ0v) is 20.4. The molecular formula is C29H33N2O4+. The molecule has 5 rings (SSSR count). The maximum atomic E-state index is 13.2. The summed E-state index contributed by atoms with van der Waals surface area (Å²) in [6.45, 7) is 7.22. The van der Waals surface area contributed by atoms with E-state index in [4.69, 9.17) is 4.74 Å². The standard InChI is InChI=1S/C29H32N2O4/c1-19-6-3-7-20(2)27(19)35-18-23(32)17-30-14-12-21(13-15-30)16-31-28(33)24-10-4-8-22-9-5-11-25(26(22)24)29(31)34/h3-11,21,23,32H,12-18H2,1-2H3/p+1/t23-/m0/s1. The molecule has 2 aliphatic rings. The van der Waals surface area contributed by atoms with Crippen LogP contribution in [0.2, 0.25) is 0 Å². The fourth-order valence-corrected chi connectivity index (χ4v) is 5.58. The Balaban J connectivity index is 1.15. The Bertz CT molecular complexity index is 1190. The fraction of sp³-hybridized carbons (Fsp3) is 0.379. The minimum absolute atomic E-state index is 0.187. The van der Waals surface area contributed by atoms with Crippen LogP contribution in [-0.4, -0.2) is 60.7 Å². The highest BCUT2D eigenvalue weighted by Gasteiger charge is 2.35. The molecule has 0 bridgehead atoms. The minimum atomic E-state index is -0.539. The van der Waals surface area contributed by atoms with Crippen LogP contribution < -0.4 is 9.64 Å². The monoisotopic (exact) mass is 473 g/mol. The van der Waals surface area contributed by atoms with Crippen LogP contribution in [-0.2, 0) is 0 Å². The molecule has 182 valence electrons. The molecule has 1 fully saturated rings. The Labute approximate surface area is 206 Å². The number of rotatable bonds is 7. The average molecular weight is 474 g/mol. The lowest BCUT2D eigenvalue weighted by Crippen LogP contribution is -3.14. The molecule has 0 saturated carbocycles. The third kappa shape index (κ3) is 4.68. The number of piperidine rings is 1. The van der Waals surface area contributed by atoms with Crippen molar-refractivity contribution in [2.45, 2.75) is 32.8 Å². The van der Waals surface area contributed by atoms with Crippen molar-refractivity contribution in [1.82, 2.24) is 4.90 Å². The zero-order valence-electron chi connectivity index (χ0n) is 20.4. The van der Waals surface area contributed by atoms with E-state index in [2.05, 4.69) is 0 Å². The summed E-state index contributed by atoms with van der Waals surface area (Å²) in [4.78, 5) is 29.2. The van der Waals surface area contributed by atoms with Crippen molar-refractivity contribution in [2.75, 3.05) is 32.8 Å². The van der Waals surface area contributed by atoms with E-state index >= 15 is 0 Å². The predicted molar refractivity (Wildman–Crippen MR) is 135 cm³/mol. The van der Waals surface area contributed by atoms with Gasteiger partial charge in [0.15, 0.2) is 0 Å². The van der Waals surface area contributed by atoms with Gasteiger partial charge in [0.25, 0.3) is 11.8 Å². The van der Waals surface area contributed by atoms with Crippen LogP contribution in [0.4, 0.5) is 0 Å². The number of aliphatic hydroxyl groups is 1. The second-order valence-electron chi connectivity index (χ2n) is 10.0. The highest BCUT2D eigenvalue weighted by molar-refractivity contribution is 6.25. The molecule has 0 aromatic heterocycles. The average Bonchev–Trinajstić information content (AvgIpc) is 2.86. The number of carbonyl (C=O) groups excluding carboxylic acids is 2. The van der Waals surface area contributed by atoms with E-state index in [1.165, 1.54) is 9.80 Å². The van der Waals surface area contributed by atoms with Crippen LogP contribution in [0.15, 0.2) is 54.6 Å². The van der Waals surface area contributed by atoms with E-state index < -0.39 is 6.10 Å². The number of amides is 2. The van der Waals surface area contributed by atoms with Gasteiger partial charge in [-0.05, 0) is 48.4 Å². The second kappa shape index (κ2) is 9.80. The topological polar surface area (TPSA) is 71.3 Å². The smallest absolute Gasteiger partial charge is 0.261 e. The highest BCUT2D eigenvalue weighted by atomic mass is 16.5. The summed E-state index contributed by atoms with van der Waals surface area (Å²) in [6.07, 6.45) is 1.30. The van der Waals surface area contributed by atoms with Crippen LogP contribution in [0.3, 0.4) is 0 Å². The fourth-order valence-electron chi connectivity index (χ4n) is 5.58. The van der Waals surface area contributed by atoms with Crippen LogP contribution in [0.25, 0.3) is 10.8 Å². The predicted octanol–water partition coefficient (Wildman–Crippen LogP) is 2.79. The number of nitrogens with zero attached hydrogens (tertiary/aromatic N) is 1. The third-order valence-electron chi connectivity index (χ3n) is 7.46. The first-order chi connectivity index (χ1) is 16.9. The van der Waals surface area contributed by atoms with Crippen LogP contribution in [0, 0.1) is 19.8 Å². The van der Waals surface area contributed by atoms with Gasteiger partial charge in [-0.2, -0.15) is 0 Å². The number of imide groups is 1. The number of hydrogen-bond donors (Lipinski definition) is 2. The van der Waals surface area contributed by atoms with Crippen molar-refractivity contribution in [1.29, 1.82) is 0 Å². The van der Waals surface area contributed by atoms with Crippen LogP contribution in [0.1, 0.15) is 44.7 Å². The molecule has 3 aromatic rings. The molecule has 2 N–H and O–H groups in total. The Kier molecular flexibility index (Phi) is 6.58. The number of benzene rings is 3. The molecule has 3 aromatic carbocycles. The molecule has 2 amide bonds. The van der Waals surface area contributed by atoms with E-state index in [0.717, 1.165) is 53.6 Å².